The predicted octanol–water partition coefficient (Wildman–Crippen LogP) is 2.27. The smallest absolute Gasteiger partial charge is 0.216 e. The van der Waals surface area contributed by atoms with E-state index < -0.39 is 0 Å². The molecule has 0 spiro atoms. The van der Waals surface area contributed by atoms with Crippen molar-refractivity contribution in [3.8, 4) is 0 Å². The first kappa shape index (κ1) is 12.3. The number of benzene rings is 1. The highest BCUT2D eigenvalue weighted by Gasteiger charge is 1.90. The van der Waals surface area contributed by atoms with E-state index in [4.69, 9.17) is 0 Å². The molecule has 0 bridgehead atoms. The maximum absolute atomic E-state index is 10.6. The highest BCUT2D eigenvalue weighted by molar-refractivity contribution is 5.72. The van der Waals surface area contributed by atoms with Crippen LogP contribution in [0.4, 0.5) is 5.69 Å². The van der Waals surface area contributed by atoms with Crippen molar-refractivity contribution in [2.45, 2.75) is 13.3 Å². The zero-order valence-corrected chi connectivity index (χ0v) is 9.79. The van der Waals surface area contributed by atoms with Crippen molar-refractivity contribution in [3.63, 3.8) is 0 Å². The molecule has 16 heavy (non-hydrogen) atoms. The lowest BCUT2D eigenvalue weighted by atomic mass is 10.2. The second kappa shape index (κ2) is 6.67. The van der Waals surface area contributed by atoms with Gasteiger partial charge in [0.1, 0.15) is 0 Å². The molecule has 1 aromatic rings. The van der Waals surface area contributed by atoms with E-state index in [2.05, 4.69) is 34.9 Å². The molecule has 86 valence electrons. The number of anilines is 1. The van der Waals surface area contributed by atoms with Crippen LogP contribution in [0, 0.1) is 0 Å². The molecular weight excluding hydrogens is 200 g/mol. The molecule has 1 amide bonds. The standard InChI is InChI=1S/C13H18N2O/c1-11(16)15-9-4-3-6-12-7-5-8-13(10-12)14-2/h3,5-8,10,14H,4,9H2,1-2H3,(H,15,16). The molecule has 1 aromatic carbocycles. The van der Waals surface area contributed by atoms with Gasteiger partial charge >= 0.3 is 0 Å². The summed E-state index contributed by atoms with van der Waals surface area (Å²) in [5, 5.41) is 5.84. The zero-order valence-electron chi connectivity index (χ0n) is 9.79. The second-order valence-electron chi connectivity index (χ2n) is 3.55. The quantitative estimate of drug-likeness (QED) is 0.744. The van der Waals surface area contributed by atoms with E-state index in [0.29, 0.717) is 6.54 Å². The molecule has 0 aromatic heterocycles. The van der Waals surface area contributed by atoms with Gasteiger partial charge in [0.05, 0.1) is 0 Å². The minimum Gasteiger partial charge on any atom is -0.388 e. The van der Waals surface area contributed by atoms with E-state index >= 15 is 0 Å². The van der Waals surface area contributed by atoms with Gasteiger partial charge in [0.25, 0.3) is 0 Å². The Bertz CT molecular complexity index is 372. The molecule has 0 atom stereocenters. The fraction of sp³-hybridized carbons (Fsp3) is 0.308. The summed E-state index contributed by atoms with van der Waals surface area (Å²) in [6.07, 6.45) is 4.97. The average molecular weight is 218 g/mol. The van der Waals surface area contributed by atoms with E-state index in [1.165, 1.54) is 6.92 Å². The Hall–Kier alpha value is -1.77. The lowest BCUT2D eigenvalue weighted by molar-refractivity contribution is -0.118. The Morgan fingerprint density at radius 1 is 1.44 bits per heavy atom. The summed E-state index contributed by atoms with van der Waals surface area (Å²) in [6, 6.07) is 8.17. The fourth-order valence-electron chi connectivity index (χ4n) is 1.35. The van der Waals surface area contributed by atoms with Crippen LogP contribution in [-0.4, -0.2) is 19.5 Å². The van der Waals surface area contributed by atoms with Gasteiger partial charge in [-0.25, -0.2) is 0 Å². The molecule has 0 heterocycles. The molecule has 0 unspecified atom stereocenters. The SMILES string of the molecule is CNc1cccc(C=CCCNC(C)=O)c1. The van der Waals surface area contributed by atoms with Crippen LogP contribution in [0.2, 0.25) is 0 Å². The Kier molecular flexibility index (Phi) is 5.12. The maximum atomic E-state index is 10.6. The summed E-state index contributed by atoms with van der Waals surface area (Å²) in [7, 11) is 1.90. The van der Waals surface area contributed by atoms with Crippen molar-refractivity contribution in [2.24, 2.45) is 0 Å². The van der Waals surface area contributed by atoms with Gasteiger partial charge < -0.3 is 10.6 Å². The summed E-state index contributed by atoms with van der Waals surface area (Å²) >= 11 is 0. The Labute approximate surface area is 96.6 Å². The van der Waals surface area contributed by atoms with Gasteiger partial charge in [-0.15, -0.1) is 0 Å². The molecule has 0 fully saturated rings. The van der Waals surface area contributed by atoms with Crippen molar-refractivity contribution in [1.82, 2.24) is 5.32 Å². The van der Waals surface area contributed by atoms with Gasteiger partial charge in [-0.05, 0) is 24.1 Å². The Morgan fingerprint density at radius 2 is 2.25 bits per heavy atom. The lowest BCUT2D eigenvalue weighted by Gasteiger charge is -2.00. The molecule has 0 aliphatic carbocycles. The normalized spacial score (nSPS) is 10.4. The van der Waals surface area contributed by atoms with Crippen molar-refractivity contribution in [2.75, 3.05) is 18.9 Å². The first-order valence-electron chi connectivity index (χ1n) is 5.41. The number of amides is 1. The molecule has 0 saturated carbocycles. The van der Waals surface area contributed by atoms with Crippen LogP contribution in [-0.2, 0) is 4.79 Å². The predicted molar refractivity (Wildman–Crippen MR) is 68.3 cm³/mol. The number of carbonyl (C=O) groups is 1. The summed E-state index contributed by atoms with van der Waals surface area (Å²) in [6.45, 7) is 2.22. The first-order valence-corrected chi connectivity index (χ1v) is 5.41. The summed E-state index contributed by atoms with van der Waals surface area (Å²) in [4.78, 5) is 10.6. The zero-order chi connectivity index (χ0) is 11.8. The van der Waals surface area contributed by atoms with Crippen molar-refractivity contribution in [1.29, 1.82) is 0 Å². The molecule has 0 aliphatic heterocycles. The van der Waals surface area contributed by atoms with E-state index in [9.17, 15) is 4.79 Å². The second-order valence-corrected chi connectivity index (χ2v) is 3.55. The molecule has 3 heteroatoms. The van der Waals surface area contributed by atoms with Crippen molar-refractivity contribution < 1.29 is 4.79 Å². The largest absolute Gasteiger partial charge is 0.388 e. The van der Waals surface area contributed by atoms with E-state index in [1.54, 1.807) is 0 Å². The maximum Gasteiger partial charge on any atom is 0.216 e. The average Bonchev–Trinajstić information content (AvgIpc) is 2.28. The molecule has 0 radical (unpaired) electrons. The summed E-state index contributed by atoms with van der Waals surface area (Å²) in [5.41, 5.74) is 2.26. The number of hydrogen-bond donors (Lipinski definition) is 2. The number of nitrogens with one attached hydrogen (secondary N) is 2. The van der Waals surface area contributed by atoms with E-state index in [1.807, 2.05) is 19.2 Å². The fourth-order valence-corrected chi connectivity index (χ4v) is 1.35. The van der Waals surface area contributed by atoms with Crippen LogP contribution in [0.1, 0.15) is 18.9 Å². The topological polar surface area (TPSA) is 41.1 Å². The van der Waals surface area contributed by atoms with Crippen molar-refractivity contribution in [3.05, 3.63) is 35.9 Å². The van der Waals surface area contributed by atoms with Crippen LogP contribution in [0.5, 0.6) is 0 Å². The van der Waals surface area contributed by atoms with Gasteiger partial charge in [0, 0.05) is 26.2 Å². The van der Waals surface area contributed by atoms with Gasteiger partial charge in [0.2, 0.25) is 5.91 Å². The number of hydrogen-bond acceptors (Lipinski definition) is 2. The molecular formula is C13H18N2O. The lowest BCUT2D eigenvalue weighted by Crippen LogP contribution is -2.20. The summed E-state index contributed by atoms with van der Waals surface area (Å²) in [5.74, 6) is 0.0191. The third kappa shape index (κ3) is 4.64. The van der Waals surface area contributed by atoms with Crippen LogP contribution in [0.15, 0.2) is 30.3 Å². The molecule has 2 N–H and O–H groups in total. The molecule has 3 nitrogen and oxygen atoms in total. The minimum absolute atomic E-state index is 0.0191. The Morgan fingerprint density at radius 3 is 2.94 bits per heavy atom. The van der Waals surface area contributed by atoms with Crippen LogP contribution < -0.4 is 10.6 Å². The number of rotatable bonds is 5. The van der Waals surface area contributed by atoms with Gasteiger partial charge in [-0.3, -0.25) is 4.79 Å². The van der Waals surface area contributed by atoms with E-state index in [-0.39, 0.29) is 5.91 Å². The monoisotopic (exact) mass is 218 g/mol. The highest BCUT2D eigenvalue weighted by atomic mass is 16.1. The minimum atomic E-state index is 0.0191. The highest BCUT2D eigenvalue weighted by Crippen LogP contribution is 2.11. The molecule has 0 saturated heterocycles. The van der Waals surface area contributed by atoms with Crippen LogP contribution in [0.3, 0.4) is 0 Å². The van der Waals surface area contributed by atoms with Crippen molar-refractivity contribution >= 4 is 17.7 Å². The third-order valence-corrected chi connectivity index (χ3v) is 2.17. The summed E-state index contributed by atoms with van der Waals surface area (Å²) < 4.78 is 0. The Balaban J connectivity index is 2.40. The third-order valence-electron chi connectivity index (χ3n) is 2.17. The first-order chi connectivity index (χ1) is 7.72. The van der Waals surface area contributed by atoms with Gasteiger partial charge in [-0.2, -0.15) is 0 Å². The molecule has 0 aliphatic rings. The van der Waals surface area contributed by atoms with Gasteiger partial charge in [-0.1, -0.05) is 24.3 Å². The molecule has 1 rings (SSSR count). The number of carbonyl (C=O) groups excluding carboxylic acids is 1. The van der Waals surface area contributed by atoms with Crippen LogP contribution >= 0.6 is 0 Å². The van der Waals surface area contributed by atoms with E-state index in [0.717, 1.165) is 17.7 Å². The van der Waals surface area contributed by atoms with Crippen LogP contribution in [0.25, 0.3) is 6.08 Å². The van der Waals surface area contributed by atoms with Gasteiger partial charge in [0.15, 0.2) is 0 Å².